The van der Waals surface area contributed by atoms with Gasteiger partial charge in [0.1, 0.15) is 6.54 Å². The van der Waals surface area contributed by atoms with Gasteiger partial charge in [-0.1, -0.05) is 84.4 Å². The molecule has 4 aromatic carbocycles. The molecular formula is C31H32N2O3S. The van der Waals surface area contributed by atoms with Gasteiger partial charge in [0.05, 0.1) is 16.6 Å². The van der Waals surface area contributed by atoms with Crippen LogP contribution in [-0.4, -0.2) is 20.9 Å². The first-order valence-corrected chi connectivity index (χ1v) is 13.7. The molecule has 0 aromatic heterocycles. The van der Waals surface area contributed by atoms with Gasteiger partial charge in [-0.15, -0.1) is 0 Å². The minimum absolute atomic E-state index is 0.144. The Bertz CT molecular complexity index is 1500. The number of anilines is 1. The predicted octanol–water partition coefficient (Wildman–Crippen LogP) is 6.02. The molecule has 0 radical (unpaired) electrons. The second-order valence-corrected chi connectivity index (χ2v) is 11.2. The third kappa shape index (κ3) is 5.75. The Morgan fingerprint density at radius 1 is 0.757 bits per heavy atom. The van der Waals surface area contributed by atoms with Gasteiger partial charge < -0.3 is 5.32 Å². The third-order valence-corrected chi connectivity index (χ3v) is 8.45. The lowest BCUT2D eigenvalue weighted by Crippen LogP contribution is -2.42. The Kier molecular flexibility index (Phi) is 7.79. The quantitative estimate of drug-likeness (QED) is 0.314. The molecule has 0 aliphatic carbocycles. The van der Waals surface area contributed by atoms with Crippen molar-refractivity contribution in [3.63, 3.8) is 0 Å². The molecule has 37 heavy (non-hydrogen) atoms. The van der Waals surface area contributed by atoms with Crippen LogP contribution in [0.5, 0.6) is 0 Å². The summed E-state index contributed by atoms with van der Waals surface area (Å²) < 4.78 is 29.0. The van der Waals surface area contributed by atoms with Gasteiger partial charge in [0.2, 0.25) is 5.91 Å². The Labute approximate surface area is 219 Å². The van der Waals surface area contributed by atoms with Crippen LogP contribution in [0.4, 0.5) is 5.69 Å². The normalized spacial score (nSPS) is 12.1. The van der Waals surface area contributed by atoms with Crippen LogP contribution >= 0.6 is 0 Å². The van der Waals surface area contributed by atoms with Crippen LogP contribution < -0.4 is 9.62 Å². The molecule has 0 saturated carbocycles. The summed E-state index contributed by atoms with van der Waals surface area (Å²) in [5.41, 5.74) is 6.12. The van der Waals surface area contributed by atoms with E-state index >= 15 is 0 Å². The lowest BCUT2D eigenvalue weighted by atomic mass is 9.95. The van der Waals surface area contributed by atoms with Crippen LogP contribution in [0.3, 0.4) is 0 Å². The minimum Gasteiger partial charge on any atom is -0.344 e. The summed E-state index contributed by atoms with van der Waals surface area (Å²) in [5.74, 6) is -0.395. The van der Waals surface area contributed by atoms with Crippen LogP contribution in [0, 0.1) is 27.7 Å². The van der Waals surface area contributed by atoms with Crippen molar-refractivity contribution in [2.24, 2.45) is 0 Å². The number of rotatable bonds is 8. The second kappa shape index (κ2) is 11.0. The minimum atomic E-state index is -4.01. The number of carbonyl (C=O) groups is 1. The number of nitrogens with one attached hydrogen (secondary N) is 1. The van der Waals surface area contributed by atoms with Gasteiger partial charge in [-0.25, -0.2) is 8.42 Å². The highest BCUT2D eigenvalue weighted by molar-refractivity contribution is 7.92. The zero-order chi connectivity index (χ0) is 26.6. The molecule has 6 heteroatoms. The van der Waals surface area contributed by atoms with E-state index in [9.17, 15) is 13.2 Å². The fourth-order valence-electron chi connectivity index (χ4n) is 4.38. The Balaban J connectivity index is 1.73. The highest BCUT2D eigenvalue weighted by Crippen LogP contribution is 2.30. The van der Waals surface area contributed by atoms with E-state index in [-0.39, 0.29) is 11.4 Å². The zero-order valence-corrected chi connectivity index (χ0v) is 22.4. The van der Waals surface area contributed by atoms with Crippen LogP contribution in [0.1, 0.15) is 39.4 Å². The summed E-state index contributed by atoms with van der Waals surface area (Å²) in [7, 11) is -4.01. The molecule has 0 fully saturated rings. The maximum Gasteiger partial charge on any atom is 0.264 e. The number of amides is 1. The number of sulfonamides is 1. The van der Waals surface area contributed by atoms with Gasteiger partial charge in [0.25, 0.3) is 10.0 Å². The van der Waals surface area contributed by atoms with E-state index < -0.39 is 22.0 Å². The summed E-state index contributed by atoms with van der Waals surface area (Å²) in [5, 5.41) is 3.11. The van der Waals surface area contributed by atoms with E-state index in [1.54, 1.807) is 30.3 Å². The maximum absolute atomic E-state index is 13.9. The Morgan fingerprint density at radius 3 is 2.05 bits per heavy atom. The molecule has 5 nitrogen and oxygen atoms in total. The van der Waals surface area contributed by atoms with Crippen LogP contribution in [-0.2, 0) is 14.8 Å². The molecule has 190 valence electrons. The molecule has 1 atom stereocenters. The molecule has 0 heterocycles. The zero-order valence-electron chi connectivity index (χ0n) is 21.6. The lowest BCUT2D eigenvalue weighted by Gasteiger charge is -2.28. The molecule has 0 bridgehead atoms. The van der Waals surface area contributed by atoms with Crippen molar-refractivity contribution in [2.75, 3.05) is 10.8 Å². The molecule has 4 aromatic rings. The summed E-state index contributed by atoms with van der Waals surface area (Å²) >= 11 is 0. The average Bonchev–Trinajstić information content (AvgIpc) is 2.89. The Morgan fingerprint density at radius 2 is 1.38 bits per heavy atom. The molecule has 0 spiro atoms. The average molecular weight is 513 g/mol. The molecule has 1 amide bonds. The van der Waals surface area contributed by atoms with Gasteiger partial charge in [0, 0.05) is 0 Å². The number of carbonyl (C=O) groups excluding carboxylic acids is 1. The smallest absolute Gasteiger partial charge is 0.264 e. The highest BCUT2D eigenvalue weighted by Gasteiger charge is 2.30. The van der Waals surface area contributed by atoms with Gasteiger partial charge in [-0.3, -0.25) is 9.10 Å². The fourth-order valence-corrected chi connectivity index (χ4v) is 5.86. The number of hydrogen-bond acceptors (Lipinski definition) is 3. The molecule has 0 aliphatic rings. The van der Waals surface area contributed by atoms with Gasteiger partial charge >= 0.3 is 0 Å². The fraction of sp³-hybridized carbons (Fsp3) is 0.194. The van der Waals surface area contributed by atoms with Crippen molar-refractivity contribution in [3.05, 3.63) is 130 Å². The maximum atomic E-state index is 13.9. The first-order valence-electron chi connectivity index (χ1n) is 12.2. The largest absolute Gasteiger partial charge is 0.344 e. The topological polar surface area (TPSA) is 66.5 Å². The molecular weight excluding hydrogens is 480 g/mol. The van der Waals surface area contributed by atoms with E-state index in [0.29, 0.717) is 5.69 Å². The molecule has 1 N–H and O–H groups in total. The van der Waals surface area contributed by atoms with Crippen molar-refractivity contribution in [3.8, 4) is 0 Å². The molecule has 0 unspecified atom stereocenters. The third-order valence-electron chi connectivity index (χ3n) is 6.68. The van der Waals surface area contributed by atoms with Crippen molar-refractivity contribution in [2.45, 2.75) is 38.6 Å². The molecule has 0 saturated heterocycles. The number of nitrogens with zero attached hydrogens (tertiary/aromatic N) is 1. The highest BCUT2D eigenvalue weighted by atomic mass is 32.2. The van der Waals surface area contributed by atoms with Crippen molar-refractivity contribution in [1.82, 2.24) is 5.32 Å². The lowest BCUT2D eigenvalue weighted by molar-refractivity contribution is -0.120. The van der Waals surface area contributed by atoms with E-state index in [4.69, 9.17) is 0 Å². The standard InChI is InChI=1S/C31H32N2O3S/c1-22-17-19-27(20-18-22)37(35,36)33(29-16-10-12-23(2)25(29)4)21-30(34)32-31(26-13-6-5-7-14-26)28-15-9-8-11-24(28)3/h5-20,31H,21H2,1-4H3,(H,32,34)/t31-/m0/s1. The summed E-state index contributed by atoms with van der Waals surface area (Å²) in [6.07, 6.45) is 0. The number of benzene rings is 4. The van der Waals surface area contributed by atoms with Crippen LogP contribution in [0.2, 0.25) is 0 Å². The van der Waals surface area contributed by atoms with E-state index in [1.165, 1.54) is 4.31 Å². The first kappa shape index (κ1) is 26.2. The van der Waals surface area contributed by atoms with Crippen molar-refractivity contribution in [1.29, 1.82) is 0 Å². The van der Waals surface area contributed by atoms with E-state index in [0.717, 1.165) is 33.4 Å². The van der Waals surface area contributed by atoms with Crippen LogP contribution in [0.25, 0.3) is 0 Å². The van der Waals surface area contributed by atoms with E-state index in [1.807, 2.05) is 94.4 Å². The summed E-state index contributed by atoms with van der Waals surface area (Å²) in [6.45, 7) is 7.36. The summed E-state index contributed by atoms with van der Waals surface area (Å²) in [4.78, 5) is 13.8. The molecule has 0 aliphatic heterocycles. The Hall–Kier alpha value is -3.90. The molecule has 4 rings (SSSR count). The monoisotopic (exact) mass is 512 g/mol. The SMILES string of the molecule is Cc1ccc(S(=O)(=O)N(CC(=O)N[C@@H](c2ccccc2)c2ccccc2C)c2cccc(C)c2C)cc1. The van der Waals surface area contributed by atoms with E-state index in [2.05, 4.69) is 5.32 Å². The van der Waals surface area contributed by atoms with Gasteiger partial charge in [-0.2, -0.15) is 0 Å². The number of aryl methyl sites for hydroxylation is 3. The van der Waals surface area contributed by atoms with Crippen molar-refractivity contribution < 1.29 is 13.2 Å². The van der Waals surface area contributed by atoms with Crippen LogP contribution in [0.15, 0.2) is 102 Å². The number of hydrogen-bond donors (Lipinski definition) is 1. The summed E-state index contributed by atoms with van der Waals surface area (Å²) in [6, 6.07) is 29.4. The van der Waals surface area contributed by atoms with Gasteiger partial charge in [-0.05, 0) is 73.7 Å². The van der Waals surface area contributed by atoms with Gasteiger partial charge in [0.15, 0.2) is 0 Å². The second-order valence-electron chi connectivity index (χ2n) is 9.31. The van der Waals surface area contributed by atoms with Crippen molar-refractivity contribution >= 4 is 21.6 Å². The predicted molar refractivity (Wildman–Crippen MR) is 149 cm³/mol. The first-order chi connectivity index (χ1) is 17.7.